The van der Waals surface area contributed by atoms with Crippen molar-refractivity contribution >= 4 is 5.97 Å². The Morgan fingerprint density at radius 1 is 1.56 bits per heavy atom. The lowest BCUT2D eigenvalue weighted by atomic mass is 10.0. The zero-order chi connectivity index (χ0) is 12.2. The summed E-state index contributed by atoms with van der Waals surface area (Å²) in [5.41, 5.74) is 0.549. The van der Waals surface area contributed by atoms with E-state index in [1.165, 1.54) is 0 Å². The topological polar surface area (TPSA) is 45.3 Å². The number of H-pyrrole nitrogens is 1. The lowest BCUT2D eigenvalue weighted by Crippen LogP contribution is -2.48. The molecule has 4 heteroatoms. The van der Waals surface area contributed by atoms with Gasteiger partial charge in [-0.15, -0.1) is 0 Å². The van der Waals surface area contributed by atoms with E-state index in [9.17, 15) is 4.79 Å². The van der Waals surface area contributed by atoms with Crippen molar-refractivity contribution in [1.29, 1.82) is 0 Å². The van der Waals surface area contributed by atoms with Gasteiger partial charge in [-0.1, -0.05) is 0 Å². The van der Waals surface area contributed by atoms with Gasteiger partial charge >= 0.3 is 5.97 Å². The van der Waals surface area contributed by atoms with Crippen LogP contribution in [0.3, 0.4) is 0 Å². The van der Waals surface area contributed by atoms with Crippen molar-refractivity contribution in [3.05, 3.63) is 24.0 Å². The molecule has 1 heterocycles. The summed E-state index contributed by atoms with van der Waals surface area (Å²) in [5.74, 6) is -0.187. The summed E-state index contributed by atoms with van der Waals surface area (Å²) >= 11 is 0. The monoisotopic (exact) mass is 224 g/mol. The Balaban J connectivity index is 2.64. The van der Waals surface area contributed by atoms with Crippen molar-refractivity contribution in [1.82, 2.24) is 9.88 Å². The molecular weight excluding hydrogens is 204 g/mol. The maximum Gasteiger partial charge on any atom is 0.325 e. The SMILES string of the molecule is CCOC(=O)C(C)(C)N(C)Cc1cc[nH]c1. The van der Waals surface area contributed by atoms with Crippen LogP contribution < -0.4 is 0 Å². The first kappa shape index (κ1) is 12.8. The Hall–Kier alpha value is -1.29. The number of aromatic nitrogens is 1. The molecule has 0 fully saturated rings. The van der Waals surface area contributed by atoms with Gasteiger partial charge in [-0.2, -0.15) is 0 Å². The predicted molar refractivity (Wildman–Crippen MR) is 63.0 cm³/mol. The fraction of sp³-hybridized carbons (Fsp3) is 0.583. The highest BCUT2D eigenvalue weighted by Gasteiger charge is 2.33. The van der Waals surface area contributed by atoms with Gasteiger partial charge in [0.25, 0.3) is 0 Å². The predicted octanol–water partition coefficient (Wildman–Crippen LogP) is 1.79. The fourth-order valence-corrected chi connectivity index (χ4v) is 1.39. The molecule has 1 aromatic heterocycles. The van der Waals surface area contributed by atoms with Gasteiger partial charge in [0.05, 0.1) is 6.61 Å². The largest absolute Gasteiger partial charge is 0.465 e. The summed E-state index contributed by atoms with van der Waals surface area (Å²) in [4.78, 5) is 16.7. The van der Waals surface area contributed by atoms with Crippen molar-refractivity contribution in [3.8, 4) is 0 Å². The number of likely N-dealkylation sites (N-methyl/N-ethyl adjacent to an activating group) is 1. The molecule has 0 aliphatic rings. The zero-order valence-electron chi connectivity index (χ0n) is 10.4. The van der Waals surface area contributed by atoms with Crippen molar-refractivity contribution in [2.45, 2.75) is 32.9 Å². The van der Waals surface area contributed by atoms with E-state index in [0.717, 1.165) is 12.1 Å². The van der Waals surface area contributed by atoms with Crippen LogP contribution in [0.15, 0.2) is 18.5 Å². The molecule has 0 radical (unpaired) electrons. The van der Waals surface area contributed by atoms with Gasteiger partial charge in [-0.05, 0) is 39.4 Å². The Morgan fingerprint density at radius 2 is 2.25 bits per heavy atom. The first-order valence-electron chi connectivity index (χ1n) is 5.48. The van der Waals surface area contributed by atoms with E-state index in [1.54, 1.807) is 0 Å². The highest BCUT2D eigenvalue weighted by atomic mass is 16.5. The molecule has 90 valence electrons. The molecule has 1 aromatic rings. The molecule has 0 aliphatic carbocycles. The maximum absolute atomic E-state index is 11.8. The third-order valence-electron chi connectivity index (χ3n) is 2.81. The van der Waals surface area contributed by atoms with Crippen LogP contribution in [0.1, 0.15) is 26.3 Å². The highest BCUT2D eigenvalue weighted by Crippen LogP contribution is 2.17. The molecule has 0 bridgehead atoms. The molecule has 1 N–H and O–H groups in total. The summed E-state index contributed by atoms with van der Waals surface area (Å²) < 4.78 is 5.06. The number of nitrogens with zero attached hydrogens (tertiary/aromatic N) is 1. The minimum Gasteiger partial charge on any atom is -0.465 e. The van der Waals surface area contributed by atoms with Crippen molar-refractivity contribution in [2.75, 3.05) is 13.7 Å². The molecule has 0 aromatic carbocycles. The standard InChI is InChI=1S/C12H20N2O2/c1-5-16-11(15)12(2,3)14(4)9-10-6-7-13-8-10/h6-8,13H,5,9H2,1-4H3. The average Bonchev–Trinajstić information content (AvgIpc) is 2.70. The summed E-state index contributed by atoms with van der Waals surface area (Å²) in [7, 11) is 1.92. The zero-order valence-corrected chi connectivity index (χ0v) is 10.4. The lowest BCUT2D eigenvalue weighted by Gasteiger charge is -2.32. The fourth-order valence-electron chi connectivity index (χ4n) is 1.39. The Labute approximate surface area is 96.6 Å². The first-order chi connectivity index (χ1) is 7.48. The first-order valence-corrected chi connectivity index (χ1v) is 5.48. The molecule has 0 spiro atoms. The van der Waals surface area contributed by atoms with Gasteiger partial charge in [-0.25, -0.2) is 0 Å². The van der Waals surface area contributed by atoms with E-state index < -0.39 is 5.54 Å². The molecule has 0 saturated carbocycles. The number of nitrogens with one attached hydrogen (secondary N) is 1. The second-order valence-electron chi connectivity index (χ2n) is 4.35. The van der Waals surface area contributed by atoms with Crippen molar-refractivity contribution in [2.24, 2.45) is 0 Å². The van der Waals surface area contributed by atoms with Crippen LogP contribution in [0, 0.1) is 0 Å². The van der Waals surface area contributed by atoms with Gasteiger partial charge < -0.3 is 9.72 Å². The second kappa shape index (κ2) is 5.16. The van der Waals surface area contributed by atoms with Crippen LogP contribution >= 0.6 is 0 Å². The number of aromatic amines is 1. The van der Waals surface area contributed by atoms with Crippen LogP contribution in [0.5, 0.6) is 0 Å². The number of carbonyl (C=O) groups excluding carboxylic acids is 1. The molecule has 0 unspecified atom stereocenters. The van der Waals surface area contributed by atoms with Crippen molar-refractivity contribution < 1.29 is 9.53 Å². The lowest BCUT2D eigenvalue weighted by molar-refractivity contribution is -0.155. The third kappa shape index (κ3) is 2.85. The van der Waals surface area contributed by atoms with Crippen molar-refractivity contribution in [3.63, 3.8) is 0 Å². The van der Waals surface area contributed by atoms with Crippen LogP contribution in [-0.4, -0.2) is 35.0 Å². The number of rotatable bonds is 5. The van der Waals surface area contributed by atoms with E-state index >= 15 is 0 Å². The molecular formula is C12H20N2O2. The molecule has 4 nitrogen and oxygen atoms in total. The molecule has 0 atom stereocenters. The molecule has 0 amide bonds. The highest BCUT2D eigenvalue weighted by molar-refractivity contribution is 5.79. The van der Waals surface area contributed by atoms with Gasteiger partial charge in [-0.3, -0.25) is 9.69 Å². The molecule has 0 aliphatic heterocycles. The van der Waals surface area contributed by atoms with Gasteiger partial charge in [0.2, 0.25) is 0 Å². The minimum atomic E-state index is -0.604. The number of ether oxygens (including phenoxy) is 1. The summed E-state index contributed by atoms with van der Waals surface area (Å²) in [6.07, 6.45) is 3.80. The Morgan fingerprint density at radius 3 is 2.75 bits per heavy atom. The molecule has 1 rings (SSSR count). The number of esters is 1. The van der Waals surface area contributed by atoms with Gasteiger partial charge in [0.1, 0.15) is 5.54 Å². The number of hydrogen-bond donors (Lipinski definition) is 1. The smallest absolute Gasteiger partial charge is 0.325 e. The van der Waals surface area contributed by atoms with E-state index in [1.807, 2.05) is 51.2 Å². The maximum atomic E-state index is 11.8. The third-order valence-corrected chi connectivity index (χ3v) is 2.81. The summed E-state index contributed by atoms with van der Waals surface area (Å²) in [5, 5.41) is 0. The number of carbonyl (C=O) groups is 1. The van der Waals surface area contributed by atoms with E-state index in [-0.39, 0.29) is 5.97 Å². The minimum absolute atomic E-state index is 0.187. The summed E-state index contributed by atoms with van der Waals surface area (Å²) in [6.45, 7) is 6.70. The Bertz CT molecular complexity index is 331. The second-order valence-corrected chi connectivity index (χ2v) is 4.35. The quantitative estimate of drug-likeness (QED) is 0.775. The van der Waals surface area contributed by atoms with Crippen LogP contribution in [0.25, 0.3) is 0 Å². The van der Waals surface area contributed by atoms with Crippen LogP contribution in [-0.2, 0) is 16.1 Å². The molecule has 16 heavy (non-hydrogen) atoms. The normalized spacial score (nSPS) is 11.8. The van der Waals surface area contributed by atoms with Crippen LogP contribution in [0.2, 0.25) is 0 Å². The van der Waals surface area contributed by atoms with Crippen LogP contribution in [0.4, 0.5) is 0 Å². The summed E-state index contributed by atoms with van der Waals surface area (Å²) in [6, 6.07) is 2.00. The number of hydrogen-bond acceptors (Lipinski definition) is 3. The van der Waals surface area contributed by atoms with E-state index in [4.69, 9.17) is 4.74 Å². The molecule has 0 saturated heterocycles. The van der Waals surface area contributed by atoms with Gasteiger partial charge in [0, 0.05) is 18.9 Å². The van der Waals surface area contributed by atoms with E-state index in [0.29, 0.717) is 6.61 Å². The Kier molecular flexibility index (Phi) is 4.12. The average molecular weight is 224 g/mol. The van der Waals surface area contributed by atoms with Gasteiger partial charge in [0.15, 0.2) is 0 Å². The van der Waals surface area contributed by atoms with E-state index in [2.05, 4.69) is 4.98 Å².